The first-order chi connectivity index (χ1) is 15.2. The Kier molecular flexibility index (Phi) is 5.21. The highest BCUT2D eigenvalue weighted by Gasteiger charge is 2.26. The van der Waals surface area contributed by atoms with E-state index in [1.54, 1.807) is 23.1 Å². The highest BCUT2D eigenvalue weighted by Crippen LogP contribution is 2.36. The van der Waals surface area contributed by atoms with Gasteiger partial charge in [-0.1, -0.05) is 60.3 Å². The molecule has 6 nitrogen and oxygen atoms in total. The average Bonchev–Trinajstić information content (AvgIpc) is 3.19. The van der Waals surface area contributed by atoms with Crippen LogP contribution in [0.2, 0.25) is 0 Å². The van der Waals surface area contributed by atoms with Gasteiger partial charge in [0.1, 0.15) is 11.5 Å². The van der Waals surface area contributed by atoms with Crippen molar-refractivity contribution < 1.29 is 9.18 Å². The summed E-state index contributed by atoms with van der Waals surface area (Å²) in [5.74, 6) is -0.412. The molecule has 3 aromatic carbocycles. The van der Waals surface area contributed by atoms with Crippen LogP contribution in [0.4, 0.5) is 15.8 Å². The van der Waals surface area contributed by atoms with Gasteiger partial charge in [0.05, 0.1) is 17.1 Å². The van der Waals surface area contributed by atoms with Gasteiger partial charge in [0.2, 0.25) is 11.1 Å². The molecule has 31 heavy (non-hydrogen) atoms. The molecule has 5 rings (SSSR count). The molecule has 0 fully saturated rings. The van der Waals surface area contributed by atoms with E-state index < -0.39 is 5.82 Å². The van der Waals surface area contributed by atoms with E-state index in [9.17, 15) is 9.18 Å². The van der Waals surface area contributed by atoms with E-state index in [1.165, 1.54) is 22.5 Å². The van der Waals surface area contributed by atoms with Crippen molar-refractivity contribution in [1.29, 1.82) is 0 Å². The molecule has 0 radical (unpaired) electrons. The summed E-state index contributed by atoms with van der Waals surface area (Å²) >= 11 is 1.18. The molecule has 0 saturated heterocycles. The van der Waals surface area contributed by atoms with Gasteiger partial charge in [0.15, 0.2) is 0 Å². The minimum atomic E-state index is -0.432. The monoisotopic (exact) mass is 431 g/mol. The second kappa shape index (κ2) is 8.31. The van der Waals surface area contributed by atoms with E-state index in [2.05, 4.69) is 27.7 Å². The van der Waals surface area contributed by atoms with Crippen LogP contribution in [0.5, 0.6) is 0 Å². The Morgan fingerprint density at radius 2 is 1.45 bits per heavy atom. The molecule has 1 aromatic heterocycles. The maximum absolute atomic E-state index is 14.2. The van der Waals surface area contributed by atoms with Gasteiger partial charge in [-0.05, 0) is 58.7 Å². The van der Waals surface area contributed by atoms with Crippen LogP contribution in [-0.4, -0.2) is 31.9 Å². The first kappa shape index (κ1) is 19.4. The Bertz CT molecular complexity index is 1210. The van der Waals surface area contributed by atoms with Crippen molar-refractivity contribution in [3.05, 3.63) is 89.7 Å². The van der Waals surface area contributed by atoms with Crippen LogP contribution in [0.15, 0.2) is 78.0 Å². The van der Waals surface area contributed by atoms with Crippen LogP contribution in [0.1, 0.15) is 11.1 Å². The van der Waals surface area contributed by atoms with Crippen molar-refractivity contribution >= 4 is 29.0 Å². The zero-order valence-corrected chi connectivity index (χ0v) is 17.3. The van der Waals surface area contributed by atoms with Gasteiger partial charge in [-0.15, -0.1) is 5.10 Å². The lowest BCUT2D eigenvalue weighted by molar-refractivity contribution is -0.115. The predicted molar refractivity (Wildman–Crippen MR) is 117 cm³/mol. The van der Waals surface area contributed by atoms with Crippen LogP contribution >= 0.6 is 11.8 Å². The van der Waals surface area contributed by atoms with E-state index in [0.29, 0.717) is 5.16 Å². The average molecular weight is 431 g/mol. The molecule has 2 heterocycles. The van der Waals surface area contributed by atoms with E-state index in [1.807, 2.05) is 36.4 Å². The lowest BCUT2D eigenvalue weighted by Crippen LogP contribution is -2.28. The molecule has 0 aliphatic carbocycles. The topological polar surface area (TPSA) is 63.9 Å². The lowest BCUT2D eigenvalue weighted by atomic mass is 10.0. The van der Waals surface area contributed by atoms with Gasteiger partial charge in [0, 0.05) is 0 Å². The highest BCUT2D eigenvalue weighted by molar-refractivity contribution is 7.99. The van der Waals surface area contributed by atoms with Gasteiger partial charge in [0.25, 0.3) is 0 Å². The number of fused-ring (bicyclic) bond motifs is 2. The molecule has 8 heteroatoms. The molecular weight excluding hydrogens is 413 g/mol. The SMILES string of the molecule is O=C(CSc1nnnn1-c1ccccc1F)N1c2ccccc2CCc2ccccc21. The summed E-state index contributed by atoms with van der Waals surface area (Å²) in [6.07, 6.45) is 1.74. The van der Waals surface area contributed by atoms with Crippen LogP contribution in [0.25, 0.3) is 5.69 Å². The molecule has 0 N–H and O–H groups in total. The number of amides is 1. The summed E-state index contributed by atoms with van der Waals surface area (Å²) in [5.41, 5.74) is 4.30. The molecular formula is C23H18FN5OS. The number of carbonyl (C=O) groups excluding carboxylic acids is 1. The maximum atomic E-state index is 14.2. The summed E-state index contributed by atoms with van der Waals surface area (Å²) in [6, 6.07) is 22.2. The summed E-state index contributed by atoms with van der Waals surface area (Å²) in [7, 11) is 0. The maximum Gasteiger partial charge on any atom is 0.242 e. The Morgan fingerprint density at radius 1 is 0.871 bits per heavy atom. The standard InChI is InChI=1S/C23H18FN5OS/c24-18-9-3-6-12-21(18)29-23(25-26-27-29)31-15-22(30)28-19-10-4-1-7-16(19)13-14-17-8-2-5-11-20(17)28/h1-12H,13-15H2. The van der Waals surface area contributed by atoms with Crippen LogP contribution in [0, 0.1) is 5.82 Å². The number of halogens is 1. The number of carbonyl (C=O) groups is 1. The minimum Gasteiger partial charge on any atom is -0.280 e. The third kappa shape index (κ3) is 3.70. The number of nitrogens with zero attached hydrogens (tertiary/aromatic N) is 5. The number of rotatable bonds is 4. The Hall–Kier alpha value is -3.52. The number of para-hydroxylation sites is 3. The highest BCUT2D eigenvalue weighted by atomic mass is 32.2. The summed E-state index contributed by atoms with van der Waals surface area (Å²) in [4.78, 5) is 15.2. The number of hydrogen-bond acceptors (Lipinski definition) is 5. The summed E-state index contributed by atoms with van der Waals surface area (Å²) in [5, 5.41) is 11.9. The van der Waals surface area contributed by atoms with Gasteiger partial charge in [-0.3, -0.25) is 9.69 Å². The molecule has 1 aliphatic heterocycles. The molecule has 1 amide bonds. The zero-order valence-electron chi connectivity index (χ0n) is 16.5. The van der Waals surface area contributed by atoms with E-state index in [-0.39, 0.29) is 17.3 Å². The molecule has 0 bridgehead atoms. The molecule has 154 valence electrons. The molecule has 0 atom stereocenters. The number of benzene rings is 3. The number of anilines is 2. The number of tetrazole rings is 1. The van der Waals surface area contributed by atoms with Gasteiger partial charge in [-0.25, -0.2) is 4.39 Å². The number of aryl methyl sites for hydroxylation is 2. The molecule has 4 aromatic rings. The molecule has 0 unspecified atom stereocenters. The summed E-state index contributed by atoms with van der Waals surface area (Å²) in [6.45, 7) is 0. The summed E-state index contributed by atoms with van der Waals surface area (Å²) < 4.78 is 15.5. The van der Waals surface area contributed by atoms with Crippen molar-refractivity contribution in [2.75, 3.05) is 10.7 Å². The molecule has 0 saturated carbocycles. The van der Waals surface area contributed by atoms with Crippen LogP contribution in [-0.2, 0) is 17.6 Å². The fraction of sp³-hybridized carbons (Fsp3) is 0.130. The number of hydrogen-bond donors (Lipinski definition) is 0. The normalized spacial score (nSPS) is 12.7. The largest absolute Gasteiger partial charge is 0.280 e. The van der Waals surface area contributed by atoms with Crippen molar-refractivity contribution in [1.82, 2.24) is 20.2 Å². The van der Waals surface area contributed by atoms with Crippen molar-refractivity contribution in [3.63, 3.8) is 0 Å². The van der Waals surface area contributed by atoms with Crippen molar-refractivity contribution in [2.24, 2.45) is 0 Å². The van der Waals surface area contributed by atoms with Crippen molar-refractivity contribution in [2.45, 2.75) is 18.0 Å². The minimum absolute atomic E-state index is 0.0881. The first-order valence-corrected chi connectivity index (χ1v) is 10.9. The van der Waals surface area contributed by atoms with E-state index in [0.717, 1.165) is 35.3 Å². The molecule has 1 aliphatic rings. The predicted octanol–water partition coefficient (Wildman–Crippen LogP) is 4.36. The third-order valence-electron chi connectivity index (χ3n) is 5.22. The second-order valence-electron chi connectivity index (χ2n) is 7.10. The Morgan fingerprint density at radius 3 is 2.10 bits per heavy atom. The Labute approximate surface area is 182 Å². The Balaban J connectivity index is 1.45. The first-order valence-electron chi connectivity index (χ1n) is 9.87. The van der Waals surface area contributed by atoms with Gasteiger partial charge < -0.3 is 0 Å². The van der Waals surface area contributed by atoms with E-state index >= 15 is 0 Å². The fourth-order valence-electron chi connectivity index (χ4n) is 3.78. The third-order valence-corrected chi connectivity index (χ3v) is 6.13. The van der Waals surface area contributed by atoms with E-state index in [4.69, 9.17) is 0 Å². The van der Waals surface area contributed by atoms with Gasteiger partial charge >= 0.3 is 0 Å². The second-order valence-corrected chi connectivity index (χ2v) is 8.04. The smallest absolute Gasteiger partial charge is 0.242 e. The van der Waals surface area contributed by atoms with Crippen LogP contribution in [0.3, 0.4) is 0 Å². The van der Waals surface area contributed by atoms with Crippen molar-refractivity contribution in [3.8, 4) is 5.69 Å². The number of thioether (sulfide) groups is 1. The zero-order chi connectivity index (χ0) is 21.2. The number of aromatic nitrogens is 4. The quantitative estimate of drug-likeness (QED) is 0.450. The van der Waals surface area contributed by atoms with Gasteiger partial charge in [-0.2, -0.15) is 4.68 Å². The fourth-order valence-corrected chi connectivity index (χ4v) is 4.52. The lowest BCUT2D eigenvalue weighted by Gasteiger charge is -2.24. The van der Waals surface area contributed by atoms with Crippen LogP contribution < -0.4 is 4.90 Å². The molecule has 0 spiro atoms.